The molecule has 1 unspecified atom stereocenters. The van der Waals surface area contributed by atoms with Gasteiger partial charge in [0.15, 0.2) is 0 Å². The Morgan fingerprint density at radius 2 is 1.95 bits per heavy atom. The van der Waals surface area contributed by atoms with Crippen molar-refractivity contribution in [3.63, 3.8) is 0 Å². The fraction of sp³-hybridized carbons (Fsp3) is 0.429. The summed E-state index contributed by atoms with van der Waals surface area (Å²) in [5, 5.41) is 8.51. The van der Waals surface area contributed by atoms with Crippen molar-refractivity contribution in [2.45, 2.75) is 25.4 Å². The Balaban J connectivity index is 0.00000200. The van der Waals surface area contributed by atoms with E-state index in [0.29, 0.717) is 6.54 Å². The van der Waals surface area contributed by atoms with Crippen molar-refractivity contribution in [2.75, 3.05) is 13.1 Å². The second-order valence-corrected chi connectivity index (χ2v) is 4.63. The number of hydrogen-bond acceptors (Lipinski definition) is 3. The molecule has 1 aliphatic rings. The third kappa shape index (κ3) is 5.19. The van der Waals surface area contributed by atoms with Crippen molar-refractivity contribution in [2.24, 2.45) is 0 Å². The van der Waals surface area contributed by atoms with Gasteiger partial charge < -0.3 is 16.0 Å². The molecule has 0 spiro atoms. The van der Waals surface area contributed by atoms with Gasteiger partial charge in [-0.25, -0.2) is 0 Å². The van der Waals surface area contributed by atoms with Crippen molar-refractivity contribution < 1.29 is 9.59 Å². The number of amides is 2. The normalized spacial score (nSPS) is 17.1. The number of halogens is 1. The summed E-state index contributed by atoms with van der Waals surface area (Å²) in [6.07, 6.45) is 1.86. The standard InChI is InChI=1S/C14H19N3O2.ClH/c18-13(16-9-11-5-2-1-3-6-11)10-17-14(19)12-7-4-8-15-12;/h1-3,5-6,12,15H,4,7-10H2,(H,16,18)(H,17,19);1H. The van der Waals surface area contributed by atoms with Gasteiger partial charge in [0, 0.05) is 6.54 Å². The van der Waals surface area contributed by atoms with Crippen LogP contribution in [-0.4, -0.2) is 30.9 Å². The maximum Gasteiger partial charge on any atom is 0.239 e. The first-order valence-corrected chi connectivity index (χ1v) is 6.57. The third-order valence-corrected chi connectivity index (χ3v) is 3.13. The lowest BCUT2D eigenvalue weighted by Crippen LogP contribution is -2.44. The SMILES string of the molecule is Cl.O=C(CNC(=O)C1CCCN1)NCc1ccccc1. The van der Waals surface area contributed by atoms with Crippen LogP contribution in [0.4, 0.5) is 0 Å². The van der Waals surface area contributed by atoms with Crippen LogP contribution in [0.1, 0.15) is 18.4 Å². The van der Waals surface area contributed by atoms with Gasteiger partial charge in [0.25, 0.3) is 0 Å². The first-order valence-electron chi connectivity index (χ1n) is 6.57. The highest BCUT2D eigenvalue weighted by Gasteiger charge is 2.21. The van der Waals surface area contributed by atoms with E-state index in [1.54, 1.807) is 0 Å². The molecule has 3 N–H and O–H groups in total. The largest absolute Gasteiger partial charge is 0.350 e. The summed E-state index contributed by atoms with van der Waals surface area (Å²) in [6.45, 7) is 1.39. The molecule has 20 heavy (non-hydrogen) atoms. The number of carbonyl (C=O) groups is 2. The molecule has 6 heteroatoms. The van der Waals surface area contributed by atoms with Crippen molar-refractivity contribution in [1.29, 1.82) is 0 Å². The van der Waals surface area contributed by atoms with E-state index in [0.717, 1.165) is 24.9 Å². The Morgan fingerprint density at radius 1 is 1.20 bits per heavy atom. The van der Waals surface area contributed by atoms with Crippen LogP contribution in [0.15, 0.2) is 30.3 Å². The highest BCUT2D eigenvalue weighted by molar-refractivity contribution is 5.87. The Morgan fingerprint density at radius 3 is 2.60 bits per heavy atom. The molecular weight excluding hydrogens is 278 g/mol. The lowest BCUT2D eigenvalue weighted by Gasteiger charge is -2.11. The van der Waals surface area contributed by atoms with Gasteiger partial charge in [0.05, 0.1) is 12.6 Å². The topological polar surface area (TPSA) is 70.2 Å². The molecule has 2 amide bonds. The first kappa shape index (κ1) is 16.5. The summed E-state index contributed by atoms with van der Waals surface area (Å²) >= 11 is 0. The molecule has 0 bridgehead atoms. The van der Waals surface area contributed by atoms with Crippen LogP contribution in [0.5, 0.6) is 0 Å². The van der Waals surface area contributed by atoms with Crippen LogP contribution in [-0.2, 0) is 16.1 Å². The molecule has 1 fully saturated rings. The van der Waals surface area contributed by atoms with E-state index in [4.69, 9.17) is 0 Å². The molecular formula is C14H20ClN3O2. The average Bonchev–Trinajstić information content (AvgIpc) is 2.98. The van der Waals surface area contributed by atoms with E-state index in [-0.39, 0.29) is 36.8 Å². The fourth-order valence-electron chi connectivity index (χ4n) is 2.06. The summed E-state index contributed by atoms with van der Waals surface area (Å²) in [7, 11) is 0. The number of benzene rings is 1. The quantitative estimate of drug-likeness (QED) is 0.745. The molecule has 1 saturated heterocycles. The minimum absolute atomic E-state index is 0. The fourth-order valence-corrected chi connectivity index (χ4v) is 2.06. The summed E-state index contributed by atoms with van der Waals surface area (Å²) in [6, 6.07) is 9.54. The zero-order valence-electron chi connectivity index (χ0n) is 11.2. The van der Waals surface area contributed by atoms with E-state index in [1.807, 2.05) is 30.3 Å². The van der Waals surface area contributed by atoms with E-state index < -0.39 is 0 Å². The van der Waals surface area contributed by atoms with Gasteiger partial charge in [0.2, 0.25) is 11.8 Å². The van der Waals surface area contributed by atoms with Crippen LogP contribution in [0.25, 0.3) is 0 Å². The zero-order chi connectivity index (χ0) is 13.5. The van der Waals surface area contributed by atoms with E-state index in [2.05, 4.69) is 16.0 Å². The number of hydrogen-bond donors (Lipinski definition) is 3. The molecule has 0 saturated carbocycles. The highest BCUT2D eigenvalue weighted by Crippen LogP contribution is 2.04. The third-order valence-electron chi connectivity index (χ3n) is 3.13. The molecule has 0 aliphatic carbocycles. The summed E-state index contributed by atoms with van der Waals surface area (Å²) in [5.41, 5.74) is 1.04. The Labute approximate surface area is 124 Å². The highest BCUT2D eigenvalue weighted by atomic mass is 35.5. The predicted octanol–water partition coefficient (Wildman–Crippen LogP) is 0.593. The second-order valence-electron chi connectivity index (χ2n) is 4.63. The Bertz CT molecular complexity index is 433. The van der Waals surface area contributed by atoms with E-state index in [9.17, 15) is 9.59 Å². The number of carbonyl (C=O) groups excluding carboxylic acids is 2. The minimum Gasteiger partial charge on any atom is -0.350 e. The van der Waals surface area contributed by atoms with E-state index >= 15 is 0 Å². The van der Waals surface area contributed by atoms with E-state index in [1.165, 1.54) is 0 Å². The van der Waals surface area contributed by atoms with Gasteiger partial charge in [-0.05, 0) is 24.9 Å². The smallest absolute Gasteiger partial charge is 0.239 e. The minimum atomic E-state index is -0.171. The van der Waals surface area contributed by atoms with Gasteiger partial charge >= 0.3 is 0 Å². The van der Waals surface area contributed by atoms with Crippen LogP contribution in [0.3, 0.4) is 0 Å². The van der Waals surface area contributed by atoms with Crippen LogP contribution < -0.4 is 16.0 Å². The molecule has 1 aromatic carbocycles. The van der Waals surface area contributed by atoms with Gasteiger partial charge in [-0.15, -0.1) is 12.4 Å². The zero-order valence-corrected chi connectivity index (χ0v) is 12.0. The number of nitrogens with one attached hydrogen (secondary N) is 3. The van der Waals surface area contributed by atoms with Gasteiger partial charge in [-0.2, -0.15) is 0 Å². The first-order chi connectivity index (χ1) is 9.25. The van der Waals surface area contributed by atoms with Crippen molar-refractivity contribution in [1.82, 2.24) is 16.0 Å². The van der Waals surface area contributed by atoms with Gasteiger partial charge in [0.1, 0.15) is 0 Å². The van der Waals surface area contributed by atoms with Crippen LogP contribution in [0, 0.1) is 0 Å². The molecule has 1 aliphatic heterocycles. The van der Waals surface area contributed by atoms with Crippen LogP contribution in [0.2, 0.25) is 0 Å². The number of rotatable bonds is 5. The lowest BCUT2D eigenvalue weighted by atomic mass is 10.2. The van der Waals surface area contributed by atoms with Crippen LogP contribution >= 0.6 is 12.4 Å². The second kappa shape index (κ2) is 8.55. The molecule has 0 aromatic heterocycles. The molecule has 1 heterocycles. The van der Waals surface area contributed by atoms with Crippen molar-refractivity contribution in [3.8, 4) is 0 Å². The average molecular weight is 298 g/mol. The predicted molar refractivity (Wildman–Crippen MR) is 79.6 cm³/mol. The monoisotopic (exact) mass is 297 g/mol. The Kier molecular flexibility index (Phi) is 7.04. The summed E-state index contributed by atoms with van der Waals surface area (Å²) in [5.74, 6) is -0.262. The summed E-state index contributed by atoms with van der Waals surface area (Å²) in [4.78, 5) is 23.3. The van der Waals surface area contributed by atoms with Gasteiger partial charge in [-0.1, -0.05) is 30.3 Å². The van der Waals surface area contributed by atoms with Crippen molar-refractivity contribution in [3.05, 3.63) is 35.9 Å². The molecule has 5 nitrogen and oxygen atoms in total. The maximum atomic E-state index is 11.7. The maximum absolute atomic E-state index is 11.7. The Hall–Kier alpha value is -1.59. The molecule has 0 radical (unpaired) electrons. The molecule has 1 atom stereocenters. The van der Waals surface area contributed by atoms with Crippen molar-refractivity contribution >= 4 is 24.2 Å². The molecule has 1 aromatic rings. The lowest BCUT2D eigenvalue weighted by molar-refractivity contribution is -0.127. The molecule has 110 valence electrons. The summed E-state index contributed by atoms with van der Waals surface area (Å²) < 4.78 is 0. The van der Waals surface area contributed by atoms with Gasteiger partial charge in [-0.3, -0.25) is 9.59 Å². The molecule has 2 rings (SSSR count).